The number of hydrogen-bond donors (Lipinski definition) is 1. The molecule has 1 fully saturated rings. The molecular weight excluding hydrogens is 314 g/mol. The summed E-state index contributed by atoms with van der Waals surface area (Å²) in [6.07, 6.45) is 1.99. The lowest BCUT2D eigenvalue weighted by atomic mass is 10.2. The van der Waals surface area contributed by atoms with E-state index in [0.29, 0.717) is 24.5 Å². The minimum absolute atomic E-state index is 0.156. The van der Waals surface area contributed by atoms with Gasteiger partial charge in [-0.15, -0.1) is 0 Å². The Hall–Kier alpha value is -1.46. The van der Waals surface area contributed by atoms with Crippen molar-refractivity contribution in [2.24, 2.45) is 0 Å². The number of hydrogen-bond acceptors (Lipinski definition) is 4. The summed E-state index contributed by atoms with van der Waals surface area (Å²) in [4.78, 5) is 17.9. The van der Waals surface area contributed by atoms with Gasteiger partial charge in [-0.2, -0.15) is 0 Å². The van der Waals surface area contributed by atoms with Crippen LogP contribution in [-0.4, -0.2) is 61.8 Å². The van der Waals surface area contributed by atoms with Gasteiger partial charge in [-0.25, -0.2) is 0 Å². The molecule has 23 heavy (non-hydrogen) atoms. The van der Waals surface area contributed by atoms with Crippen LogP contribution in [0.25, 0.3) is 0 Å². The van der Waals surface area contributed by atoms with Gasteiger partial charge in [0.05, 0.1) is 17.5 Å². The van der Waals surface area contributed by atoms with E-state index in [1.54, 1.807) is 4.90 Å². The molecule has 1 aromatic carbocycles. The van der Waals surface area contributed by atoms with Gasteiger partial charge in [0, 0.05) is 51.2 Å². The fraction of sp³-hybridized carbons (Fsp3) is 0.588. The molecule has 3 rings (SSSR count). The fourth-order valence-electron chi connectivity index (χ4n) is 3.47. The smallest absolute Gasteiger partial charge is 0.222 e. The van der Waals surface area contributed by atoms with Crippen LogP contribution in [0.3, 0.4) is 0 Å². The van der Waals surface area contributed by atoms with Crippen molar-refractivity contribution in [3.63, 3.8) is 0 Å². The summed E-state index contributed by atoms with van der Waals surface area (Å²) in [6.45, 7) is 3.56. The van der Waals surface area contributed by atoms with Crippen molar-refractivity contribution in [3.05, 3.63) is 23.2 Å². The van der Waals surface area contributed by atoms with Crippen molar-refractivity contribution in [2.45, 2.75) is 25.4 Å². The molecule has 1 aromatic rings. The maximum absolute atomic E-state index is 11.7. The van der Waals surface area contributed by atoms with Gasteiger partial charge in [0.1, 0.15) is 0 Å². The number of β-amino-alcohol motifs (C(OH)–C–C–N with tert-alkyl or cyclic N) is 1. The van der Waals surface area contributed by atoms with E-state index in [1.165, 1.54) is 0 Å². The highest BCUT2D eigenvalue weighted by atomic mass is 35.5. The first-order valence-electron chi connectivity index (χ1n) is 8.26. The van der Waals surface area contributed by atoms with Crippen molar-refractivity contribution >= 4 is 28.9 Å². The number of likely N-dealkylation sites (tertiary alicyclic amines) is 1. The lowest BCUT2D eigenvalue weighted by Gasteiger charge is -2.29. The average Bonchev–Trinajstić information content (AvgIpc) is 2.84. The van der Waals surface area contributed by atoms with Gasteiger partial charge < -0.3 is 19.8 Å². The third-order valence-corrected chi connectivity index (χ3v) is 4.88. The minimum atomic E-state index is -0.549. The molecule has 0 saturated carbocycles. The summed E-state index contributed by atoms with van der Waals surface area (Å²) in [5, 5.41) is 11.2. The Morgan fingerprint density at radius 1 is 1.13 bits per heavy atom. The molecule has 0 aromatic heterocycles. The predicted molar refractivity (Wildman–Crippen MR) is 93.4 cm³/mol. The number of rotatable bonds is 4. The number of anilines is 2. The molecule has 5 nitrogen and oxygen atoms in total. The van der Waals surface area contributed by atoms with Crippen LogP contribution in [0.15, 0.2) is 18.2 Å². The van der Waals surface area contributed by atoms with Crippen LogP contribution >= 0.6 is 11.6 Å². The van der Waals surface area contributed by atoms with Crippen LogP contribution in [0, 0.1) is 0 Å². The highest BCUT2D eigenvalue weighted by Gasteiger charge is 2.25. The second kappa shape index (κ2) is 6.97. The molecule has 0 bridgehead atoms. The number of carbonyl (C=O) groups is 1. The number of aliphatic hydroxyl groups excluding tert-OH is 1. The Balaban J connectivity index is 1.73. The second-order valence-corrected chi connectivity index (χ2v) is 6.89. The van der Waals surface area contributed by atoms with Crippen LogP contribution < -0.4 is 9.80 Å². The van der Waals surface area contributed by atoms with Crippen LogP contribution in [0.5, 0.6) is 0 Å². The molecule has 0 spiro atoms. The van der Waals surface area contributed by atoms with Gasteiger partial charge in [-0.05, 0) is 31.0 Å². The van der Waals surface area contributed by atoms with Gasteiger partial charge in [0.15, 0.2) is 0 Å². The van der Waals surface area contributed by atoms with Crippen LogP contribution in [0.4, 0.5) is 11.4 Å². The molecule has 0 radical (unpaired) electrons. The van der Waals surface area contributed by atoms with Gasteiger partial charge in [-0.3, -0.25) is 4.79 Å². The van der Waals surface area contributed by atoms with E-state index in [4.69, 9.17) is 11.6 Å². The highest BCUT2D eigenvalue weighted by molar-refractivity contribution is 6.31. The van der Waals surface area contributed by atoms with Crippen LogP contribution in [-0.2, 0) is 4.79 Å². The SMILES string of the molecule is CN1CCCN(CC(O)CN2CCCC2=O)c2cc(Cl)ccc21. The fourth-order valence-corrected chi connectivity index (χ4v) is 3.63. The molecule has 1 unspecified atom stereocenters. The molecule has 2 aliphatic rings. The largest absolute Gasteiger partial charge is 0.389 e. The number of benzene rings is 1. The molecule has 2 heterocycles. The zero-order chi connectivity index (χ0) is 16.4. The zero-order valence-electron chi connectivity index (χ0n) is 13.5. The van der Waals surface area contributed by atoms with Gasteiger partial charge in [0.2, 0.25) is 5.91 Å². The summed E-state index contributed by atoms with van der Waals surface area (Å²) >= 11 is 6.18. The van der Waals surface area contributed by atoms with Gasteiger partial charge in [0.25, 0.3) is 0 Å². The standard InChI is InChI=1S/C17H24ClN3O2/c1-19-7-3-9-20(16-10-13(18)5-6-15(16)19)11-14(22)12-21-8-2-4-17(21)23/h5-6,10,14,22H,2-4,7-9,11-12H2,1H3. The number of carbonyl (C=O) groups excluding carboxylic acids is 1. The van der Waals surface area contributed by atoms with E-state index in [2.05, 4.69) is 16.8 Å². The monoisotopic (exact) mass is 337 g/mol. The summed E-state index contributed by atoms with van der Waals surface area (Å²) in [7, 11) is 2.08. The normalized spacial score (nSPS) is 19.8. The third kappa shape index (κ3) is 3.72. The second-order valence-electron chi connectivity index (χ2n) is 6.45. The lowest BCUT2D eigenvalue weighted by Crippen LogP contribution is -2.41. The first kappa shape index (κ1) is 16.4. The van der Waals surface area contributed by atoms with E-state index < -0.39 is 6.10 Å². The molecule has 0 aliphatic carbocycles. The van der Waals surface area contributed by atoms with E-state index >= 15 is 0 Å². The van der Waals surface area contributed by atoms with E-state index in [1.807, 2.05) is 18.2 Å². The Bertz CT molecular complexity index is 581. The molecule has 6 heteroatoms. The van der Waals surface area contributed by atoms with Crippen molar-refractivity contribution in [2.75, 3.05) is 49.6 Å². The number of fused-ring (bicyclic) bond motifs is 1. The summed E-state index contributed by atoms with van der Waals surface area (Å²) in [5.41, 5.74) is 2.20. The average molecular weight is 338 g/mol. The number of aliphatic hydroxyl groups is 1. The number of nitrogens with zero attached hydrogens (tertiary/aromatic N) is 3. The van der Waals surface area contributed by atoms with Crippen molar-refractivity contribution in [1.29, 1.82) is 0 Å². The van der Waals surface area contributed by atoms with Crippen molar-refractivity contribution < 1.29 is 9.90 Å². The molecule has 1 N–H and O–H groups in total. The first-order valence-corrected chi connectivity index (χ1v) is 8.64. The molecule has 1 amide bonds. The first-order chi connectivity index (χ1) is 11.0. The maximum atomic E-state index is 11.7. The molecule has 126 valence electrons. The van der Waals surface area contributed by atoms with Gasteiger partial charge in [-0.1, -0.05) is 11.6 Å². The topological polar surface area (TPSA) is 47.0 Å². The Morgan fingerprint density at radius 3 is 2.61 bits per heavy atom. The molecule has 1 saturated heterocycles. The summed E-state index contributed by atoms with van der Waals surface area (Å²) in [5.74, 6) is 0.156. The molecule has 2 aliphatic heterocycles. The maximum Gasteiger partial charge on any atom is 0.222 e. The van der Waals surface area contributed by atoms with E-state index in [9.17, 15) is 9.90 Å². The van der Waals surface area contributed by atoms with Crippen molar-refractivity contribution in [1.82, 2.24) is 4.90 Å². The quantitative estimate of drug-likeness (QED) is 0.912. The van der Waals surface area contributed by atoms with Crippen LogP contribution in [0.1, 0.15) is 19.3 Å². The molecular formula is C17H24ClN3O2. The third-order valence-electron chi connectivity index (χ3n) is 4.64. The van der Waals surface area contributed by atoms with Crippen molar-refractivity contribution in [3.8, 4) is 0 Å². The number of amides is 1. The Kier molecular flexibility index (Phi) is 4.97. The minimum Gasteiger partial charge on any atom is -0.389 e. The van der Waals surface area contributed by atoms with Crippen LogP contribution in [0.2, 0.25) is 5.02 Å². The zero-order valence-corrected chi connectivity index (χ0v) is 14.3. The lowest BCUT2D eigenvalue weighted by molar-refractivity contribution is -0.128. The Labute approximate surface area is 142 Å². The highest BCUT2D eigenvalue weighted by Crippen LogP contribution is 2.34. The summed E-state index contributed by atoms with van der Waals surface area (Å²) in [6, 6.07) is 5.90. The van der Waals surface area contributed by atoms with E-state index in [0.717, 1.165) is 43.9 Å². The summed E-state index contributed by atoms with van der Waals surface area (Å²) < 4.78 is 0. The predicted octanol–water partition coefficient (Wildman–Crippen LogP) is 1.97. The van der Waals surface area contributed by atoms with E-state index in [-0.39, 0.29) is 5.91 Å². The number of halogens is 1. The Morgan fingerprint density at radius 2 is 1.87 bits per heavy atom. The van der Waals surface area contributed by atoms with Gasteiger partial charge >= 0.3 is 0 Å². The molecule has 1 atom stereocenters.